The van der Waals surface area contributed by atoms with Crippen LogP contribution < -0.4 is 0 Å². The number of carbonyl (C=O) groups excluding carboxylic acids is 1. The van der Waals surface area contributed by atoms with E-state index in [9.17, 15) is 9.90 Å². The van der Waals surface area contributed by atoms with Gasteiger partial charge in [-0.25, -0.2) is 0 Å². The van der Waals surface area contributed by atoms with E-state index in [-0.39, 0.29) is 5.41 Å². The van der Waals surface area contributed by atoms with Crippen LogP contribution in [0, 0.1) is 34.5 Å². The number of hydrogen-bond donors (Lipinski definition) is 1. The molecule has 4 aliphatic carbocycles. The first-order valence-electron chi connectivity index (χ1n) is 10.6. The molecule has 4 fully saturated rings. The van der Waals surface area contributed by atoms with Crippen LogP contribution >= 0.6 is 0 Å². The molecule has 4 rings (SSSR count). The molecule has 0 heterocycles. The van der Waals surface area contributed by atoms with Crippen molar-refractivity contribution >= 4 is 5.78 Å². The van der Waals surface area contributed by atoms with E-state index in [4.69, 9.17) is 0 Å². The summed E-state index contributed by atoms with van der Waals surface area (Å²) in [6.07, 6.45) is 12.2. The van der Waals surface area contributed by atoms with E-state index in [0.29, 0.717) is 23.0 Å². The molecule has 4 saturated carbocycles. The summed E-state index contributed by atoms with van der Waals surface area (Å²) in [5.41, 5.74) is 0.110. The standard InChI is InChI=1S/C22H36O2/c1-4-10-22(24)13-9-19-17-6-5-15-14-16(23)7-11-20(15,2)18(17)8-12-21(19,22)3/h15,17-19,24H,4-14H2,1-3H3. The average Bonchev–Trinajstić information content (AvgIpc) is 2.80. The Morgan fingerprint density at radius 2 is 1.79 bits per heavy atom. The molecule has 136 valence electrons. The van der Waals surface area contributed by atoms with Gasteiger partial charge in [-0.2, -0.15) is 0 Å². The summed E-state index contributed by atoms with van der Waals surface area (Å²) in [6.45, 7) is 7.14. The number of aliphatic hydroxyl groups is 1. The van der Waals surface area contributed by atoms with Gasteiger partial charge in [0.05, 0.1) is 5.60 Å². The van der Waals surface area contributed by atoms with Gasteiger partial charge in [-0.1, -0.05) is 27.2 Å². The van der Waals surface area contributed by atoms with Crippen molar-refractivity contribution < 1.29 is 9.90 Å². The Kier molecular flexibility index (Phi) is 3.95. The minimum absolute atomic E-state index is 0.137. The highest BCUT2D eigenvalue weighted by Gasteiger charge is 2.64. The molecule has 24 heavy (non-hydrogen) atoms. The molecule has 0 aliphatic heterocycles. The predicted molar refractivity (Wildman–Crippen MR) is 96.6 cm³/mol. The van der Waals surface area contributed by atoms with Crippen LogP contribution in [0.2, 0.25) is 0 Å². The lowest BCUT2D eigenvalue weighted by Gasteiger charge is -2.61. The lowest BCUT2D eigenvalue weighted by Crippen LogP contribution is -2.56. The van der Waals surface area contributed by atoms with Gasteiger partial charge in [-0.15, -0.1) is 0 Å². The third-order valence-corrected chi connectivity index (χ3v) is 9.47. The van der Waals surface area contributed by atoms with Gasteiger partial charge in [-0.05, 0) is 85.9 Å². The highest BCUT2D eigenvalue weighted by molar-refractivity contribution is 5.79. The van der Waals surface area contributed by atoms with Crippen molar-refractivity contribution in [2.75, 3.05) is 0 Å². The Morgan fingerprint density at radius 1 is 1.04 bits per heavy atom. The monoisotopic (exact) mass is 332 g/mol. The molecular weight excluding hydrogens is 296 g/mol. The number of ketones is 1. The first kappa shape index (κ1) is 17.1. The highest BCUT2D eigenvalue weighted by Crippen LogP contribution is 2.68. The van der Waals surface area contributed by atoms with E-state index < -0.39 is 5.60 Å². The molecule has 1 N–H and O–H groups in total. The first-order chi connectivity index (χ1) is 11.3. The third-order valence-electron chi connectivity index (χ3n) is 9.47. The van der Waals surface area contributed by atoms with Crippen LogP contribution in [0.5, 0.6) is 0 Å². The largest absolute Gasteiger partial charge is 0.389 e. The van der Waals surface area contributed by atoms with Crippen LogP contribution in [-0.4, -0.2) is 16.5 Å². The first-order valence-corrected chi connectivity index (χ1v) is 10.6. The predicted octanol–water partition coefficient (Wildman–Crippen LogP) is 5.13. The average molecular weight is 333 g/mol. The highest BCUT2D eigenvalue weighted by atomic mass is 16.3. The van der Waals surface area contributed by atoms with Gasteiger partial charge in [0.1, 0.15) is 5.78 Å². The van der Waals surface area contributed by atoms with Crippen molar-refractivity contribution in [3.63, 3.8) is 0 Å². The fourth-order valence-corrected chi connectivity index (χ4v) is 7.98. The van der Waals surface area contributed by atoms with Gasteiger partial charge in [-0.3, -0.25) is 4.79 Å². The van der Waals surface area contributed by atoms with Gasteiger partial charge in [0.2, 0.25) is 0 Å². The molecule has 0 aromatic heterocycles. The van der Waals surface area contributed by atoms with E-state index in [1.54, 1.807) is 0 Å². The maximum atomic E-state index is 12.0. The van der Waals surface area contributed by atoms with Crippen molar-refractivity contribution in [2.45, 2.75) is 97.0 Å². The van der Waals surface area contributed by atoms with Crippen molar-refractivity contribution in [3.8, 4) is 0 Å². The Labute approximate surface area is 147 Å². The van der Waals surface area contributed by atoms with Crippen LogP contribution in [0.4, 0.5) is 0 Å². The quantitative estimate of drug-likeness (QED) is 0.761. The van der Waals surface area contributed by atoms with Gasteiger partial charge >= 0.3 is 0 Å². The second-order valence-electron chi connectivity index (χ2n) is 10.2. The molecule has 2 heteroatoms. The molecule has 4 aliphatic rings. The normalized spacial score (nSPS) is 54.1. The minimum Gasteiger partial charge on any atom is -0.389 e. The zero-order valence-corrected chi connectivity index (χ0v) is 15.9. The Bertz CT molecular complexity index is 528. The van der Waals surface area contributed by atoms with Crippen molar-refractivity contribution in [3.05, 3.63) is 0 Å². The number of rotatable bonds is 2. The van der Waals surface area contributed by atoms with Gasteiger partial charge in [0.25, 0.3) is 0 Å². The van der Waals surface area contributed by atoms with Crippen LogP contribution in [0.25, 0.3) is 0 Å². The second-order valence-corrected chi connectivity index (χ2v) is 10.2. The van der Waals surface area contributed by atoms with Crippen molar-refractivity contribution in [1.82, 2.24) is 0 Å². The van der Waals surface area contributed by atoms with Gasteiger partial charge in [0, 0.05) is 12.8 Å². The molecule has 0 saturated heterocycles. The molecule has 0 bridgehead atoms. The molecule has 0 aromatic rings. The van der Waals surface area contributed by atoms with Crippen LogP contribution in [-0.2, 0) is 4.79 Å². The van der Waals surface area contributed by atoms with Crippen LogP contribution in [0.15, 0.2) is 0 Å². The summed E-state index contributed by atoms with van der Waals surface area (Å²) in [5, 5.41) is 11.4. The Balaban J connectivity index is 1.62. The smallest absolute Gasteiger partial charge is 0.133 e. The van der Waals surface area contributed by atoms with Crippen molar-refractivity contribution in [2.24, 2.45) is 34.5 Å². The Hall–Kier alpha value is -0.370. The third kappa shape index (κ3) is 2.14. The fraction of sp³-hybridized carbons (Fsp3) is 0.955. The minimum atomic E-state index is -0.419. The molecule has 7 atom stereocenters. The van der Waals surface area contributed by atoms with E-state index in [1.165, 1.54) is 32.1 Å². The van der Waals surface area contributed by atoms with Crippen LogP contribution in [0.3, 0.4) is 0 Å². The fourth-order valence-electron chi connectivity index (χ4n) is 7.98. The molecule has 0 aromatic carbocycles. The summed E-state index contributed by atoms with van der Waals surface area (Å²) in [4.78, 5) is 12.0. The maximum absolute atomic E-state index is 12.0. The molecule has 0 radical (unpaired) electrons. The van der Waals surface area contributed by atoms with E-state index >= 15 is 0 Å². The van der Waals surface area contributed by atoms with E-state index in [0.717, 1.165) is 50.4 Å². The Morgan fingerprint density at radius 3 is 2.54 bits per heavy atom. The summed E-state index contributed by atoms with van der Waals surface area (Å²) in [5.74, 6) is 3.45. The number of fused-ring (bicyclic) bond motifs is 5. The molecule has 0 amide bonds. The second kappa shape index (κ2) is 5.56. The molecule has 7 unspecified atom stereocenters. The van der Waals surface area contributed by atoms with Crippen molar-refractivity contribution in [1.29, 1.82) is 0 Å². The van der Waals surface area contributed by atoms with E-state index in [1.807, 2.05) is 0 Å². The molecule has 2 nitrogen and oxygen atoms in total. The lowest BCUT2D eigenvalue weighted by atomic mass is 9.44. The zero-order chi connectivity index (χ0) is 17.2. The molecular formula is C22H36O2. The zero-order valence-electron chi connectivity index (χ0n) is 15.9. The summed E-state index contributed by atoms with van der Waals surface area (Å²) < 4.78 is 0. The van der Waals surface area contributed by atoms with Gasteiger partial charge < -0.3 is 5.11 Å². The number of hydrogen-bond acceptors (Lipinski definition) is 2. The number of carbonyl (C=O) groups is 1. The topological polar surface area (TPSA) is 37.3 Å². The van der Waals surface area contributed by atoms with Crippen LogP contribution in [0.1, 0.15) is 91.4 Å². The SMILES string of the molecule is CCCC1(O)CCC2C3CCC4CC(=O)CCC4(C)C3CCC21C. The summed E-state index contributed by atoms with van der Waals surface area (Å²) in [6, 6.07) is 0. The van der Waals surface area contributed by atoms with Gasteiger partial charge in [0.15, 0.2) is 0 Å². The number of Topliss-reactive ketones (excluding diaryl/α,β-unsaturated/α-hetero) is 1. The lowest BCUT2D eigenvalue weighted by molar-refractivity contribution is -0.158. The van der Waals surface area contributed by atoms with E-state index in [2.05, 4.69) is 20.8 Å². The molecule has 0 spiro atoms. The maximum Gasteiger partial charge on any atom is 0.133 e. The summed E-state index contributed by atoms with van der Waals surface area (Å²) >= 11 is 0. The summed E-state index contributed by atoms with van der Waals surface area (Å²) in [7, 11) is 0.